The Labute approximate surface area is 142 Å². The van der Waals surface area contributed by atoms with Crippen molar-refractivity contribution in [2.75, 3.05) is 4.72 Å². The summed E-state index contributed by atoms with van der Waals surface area (Å²) in [6.07, 6.45) is 0. The average molecular weight is 355 g/mol. The van der Waals surface area contributed by atoms with Crippen molar-refractivity contribution >= 4 is 37.6 Å². The number of hydrogen-bond acceptors (Lipinski definition) is 5. The Balaban J connectivity index is 1.80. The zero-order chi connectivity index (χ0) is 17.6. The largest absolute Gasteiger partial charge is 0.423 e. The van der Waals surface area contributed by atoms with E-state index in [1.807, 2.05) is 0 Å². The highest BCUT2D eigenvalue weighted by Crippen LogP contribution is 2.25. The van der Waals surface area contributed by atoms with Crippen LogP contribution in [0.4, 0.5) is 5.69 Å². The van der Waals surface area contributed by atoms with Crippen LogP contribution in [0, 0.1) is 0 Å². The molecule has 0 saturated carbocycles. The molecule has 0 amide bonds. The average Bonchev–Trinajstić information content (AvgIpc) is 2.91. The third-order valence-corrected chi connectivity index (χ3v) is 5.31. The van der Waals surface area contributed by atoms with Crippen LogP contribution in [0.5, 0.6) is 0 Å². The van der Waals surface area contributed by atoms with E-state index in [1.54, 1.807) is 55.6 Å². The molecule has 0 aliphatic heterocycles. The lowest BCUT2D eigenvalue weighted by atomic mass is 10.2. The Morgan fingerprint density at radius 3 is 2.72 bits per heavy atom. The SMILES string of the molecule is Cn1nc2ccccc2c1S(=O)(=O)Nc1ccc2oc(=O)ccc2c1. The molecule has 0 spiro atoms. The van der Waals surface area contributed by atoms with Gasteiger partial charge in [-0.3, -0.25) is 9.40 Å². The highest BCUT2D eigenvalue weighted by Gasteiger charge is 2.23. The summed E-state index contributed by atoms with van der Waals surface area (Å²) < 4.78 is 34.6. The number of aromatic nitrogens is 2. The van der Waals surface area contributed by atoms with E-state index in [4.69, 9.17) is 4.42 Å². The molecule has 0 bridgehead atoms. The molecule has 126 valence electrons. The van der Waals surface area contributed by atoms with Crippen LogP contribution in [-0.2, 0) is 17.1 Å². The van der Waals surface area contributed by atoms with Crippen molar-refractivity contribution in [3.05, 3.63) is 65.0 Å². The molecule has 25 heavy (non-hydrogen) atoms. The van der Waals surface area contributed by atoms with Gasteiger partial charge in [0, 0.05) is 29.6 Å². The van der Waals surface area contributed by atoms with Crippen LogP contribution in [0.25, 0.3) is 21.9 Å². The van der Waals surface area contributed by atoms with Gasteiger partial charge in [0.25, 0.3) is 10.0 Å². The van der Waals surface area contributed by atoms with Crippen LogP contribution >= 0.6 is 0 Å². The van der Waals surface area contributed by atoms with Gasteiger partial charge >= 0.3 is 5.63 Å². The summed E-state index contributed by atoms with van der Waals surface area (Å²) >= 11 is 0. The van der Waals surface area contributed by atoms with Crippen LogP contribution in [0.2, 0.25) is 0 Å². The smallest absolute Gasteiger partial charge is 0.336 e. The van der Waals surface area contributed by atoms with Gasteiger partial charge < -0.3 is 4.42 Å². The lowest BCUT2D eigenvalue weighted by Gasteiger charge is -2.09. The first-order valence-corrected chi connectivity index (χ1v) is 8.91. The molecule has 0 aliphatic carbocycles. The van der Waals surface area contributed by atoms with E-state index in [2.05, 4.69) is 9.82 Å². The van der Waals surface area contributed by atoms with E-state index in [1.165, 1.54) is 10.7 Å². The maximum absolute atomic E-state index is 12.8. The molecule has 0 saturated heterocycles. The zero-order valence-corrected chi connectivity index (χ0v) is 13.9. The summed E-state index contributed by atoms with van der Waals surface area (Å²) in [5, 5.41) is 5.48. The van der Waals surface area contributed by atoms with Gasteiger partial charge in [0.1, 0.15) is 5.58 Å². The predicted molar refractivity (Wildman–Crippen MR) is 94.0 cm³/mol. The Kier molecular flexibility index (Phi) is 3.36. The summed E-state index contributed by atoms with van der Waals surface area (Å²) in [4.78, 5) is 11.2. The van der Waals surface area contributed by atoms with Gasteiger partial charge in [-0.25, -0.2) is 4.79 Å². The molecular weight excluding hydrogens is 342 g/mol. The van der Waals surface area contributed by atoms with E-state index in [0.29, 0.717) is 27.6 Å². The number of rotatable bonds is 3. The second kappa shape index (κ2) is 5.45. The molecule has 1 N–H and O–H groups in total. The summed E-state index contributed by atoms with van der Waals surface area (Å²) in [6, 6.07) is 14.6. The molecule has 0 aliphatic rings. The number of sulfonamides is 1. The maximum atomic E-state index is 12.8. The first-order valence-electron chi connectivity index (χ1n) is 7.42. The van der Waals surface area contributed by atoms with Crippen molar-refractivity contribution in [3.8, 4) is 0 Å². The molecule has 0 fully saturated rings. The van der Waals surface area contributed by atoms with Crippen LogP contribution in [-0.4, -0.2) is 18.2 Å². The number of hydrogen-bond donors (Lipinski definition) is 1. The fourth-order valence-corrected chi connectivity index (χ4v) is 4.17. The summed E-state index contributed by atoms with van der Waals surface area (Å²) in [5.41, 5.74) is 0.904. The predicted octanol–water partition coefficient (Wildman–Crippen LogP) is 2.48. The monoisotopic (exact) mass is 355 g/mol. The van der Waals surface area contributed by atoms with Crippen LogP contribution in [0.3, 0.4) is 0 Å². The topological polar surface area (TPSA) is 94.2 Å². The summed E-state index contributed by atoms with van der Waals surface area (Å²) in [5.74, 6) is 0. The normalized spacial score (nSPS) is 11.9. The Hall–Kier alpha value is -3.13. The van der Waals surface area contributed by atoms with Crippen LogP contribution < -0.4 is 10.3 Å². The van der Waals surface area contributed by atoms with E-state index in [9.17, 15) is 13.2 Å². The molecule has 0 radical (unpaired) electrons. The molecule has 2 heterocycles. The van der Waals surface area contributed by atoms with Crippen LogP contribution in [0.15, 0.2) is 68.8 Å². The Morgan fingerprint density at radius 1 is 1.08 bits per heavy atom. The van der Waals surface area contributed by atoms with Crippen molar-refractivity contribution in [3.63, 3.8) is 0 Å². The highest BCUT2D eigenvalue weighted by molar-refractivity contribution is 7.92. The molecule has 0 atom stereocenters. The van der Waals surface area contributed by atoms with E-state index >= 15 is 0 Å². The maximum Gasteiger partial charge on any atom is 0.336 e. The van der Waals surface area contributed by atoms with E-state index in [-0.39, 0.29) is 5.03 Å². The number of anilines is 1. The van der Waals surface area contributed by atoms with Crippen LogP contribution in [0.1, 0.15) is 0 Å². The first-order chi connectivity index (χ1) is 11.9. The Morgan fingerprint density at radius 2 is 1.88 bits per heavy atom. The molecular formula is C17H13N3O4S. The van der Waals surface area contributed by atoms with Gasteiger partial charge in [-0.2, -0.15) is 13.5 Å². The van der Waals surface area contributed by atoms with Crippen molar-refractivity contribution in [2.24, 2.45) is 7.05 Å². The lowest BCUT2D eigenvalue weighted by molar-refractivity contribution is 0.561. The third-order valence-electron chi connectivity index (χ3n) is 3.81. The quantitative estimate of drug-likeness (QED) is 0.570. The minimum atomic E-state index is -3.85. The molecule has 8 heteroatoms. The number of fused-ring (bicyclic) bond motifs is 2. The van der Waals surface area contributed by atoms with Crippen molar-refractivity contribution in [1.29, 1.82) is 0 Å². The van der Waals surface area contributed by atoms with Gasteiger partial charge in [-0.1, -0.05) is 12.1 Å². The number of aryl methyl sites for hydroxylation is 1. The fraction of sp³-hybridized carbons (Fsp3) is 0.0588. The van der Waals surface area contributed by atoms with E-state index in [0.717, 1.165) is 0 Å². The standard InChI is InChI=1S/C17H13N3O4S/c1-20-17(13-4-2-3-5-14(13)18-20)25(22,23)19-12-7-8-15-11(10-12)6-9-16(21)24-15/h2-10,19H,1H3. The zero-order valence-electron chi connectivity index (χ0n) is 13.1. The molecule has 4 aromatic rings. The van der Waals surface area contributed by atoms with Gasteiger partial charge in [0.15, 0.2) is 5.03 Å². The van der Waals surface area contributed by atoms with Gasteiger partial charge in [-0.15, -0.1) is 0 Å². The molecule has 7 nitrogen and oxygen atoms in total. The minimum Gasteiger partial charge on any atom is -0.423 e. The second-order valence-corrected chi connectivity index (χ2v) is 7.16. The lowest BCUT2D eigenvalue weighted by Crippen LogP contribution is -2.17. The van der Waals surface area contributed by atoms with Crippen molar-refractivity contribution < 1.29 is 12.8 Å². The van der Waals surface area contributed by atoms with Gasteiger partial charge in [0.05, 0.1) is 5.52 Å². The fourth-order valence-electron chi connectivity index (χ4n) is 2.78. The highest BCUT2D eigenvalue weighted by atomic mass is 32.2. The second-order valence-electron chi connectivity index (χ2n) is 5.56. The number of nitrogens with zero attached hydrogens (tertiary/aromatic N) is 2. The summed E-state index contributed by atoms with van der Waals surface area (Å²) in [6.45, 7) is 0. The van der Waals surface area contributed by atoms with Gasteiger partial charge in [-0.05, 0) is 36.4 Å². The van der Waals surface area contributed by atoms with E-state index < -0.39 is 15.6 Å². The molecule has 0 unspecified atom stereocenters. The number of nitrogens with one attached hydrogen (secondary N) is 1. The number of benzene rings is 2. The minimum absolute atomic E-state index is 0.0859. The molecule has 2 aromatic heterocycles. The molecule has 4 rings (SSSR count). The third kappa shape index (κ3) is 2.66. The summed E-state index contributed by atoms with van der Waals surface area (Å²) in [7, 11) is -2.26. The first kappa shape index (κ1) is 15.4. The Bertz CT molecular complexity index is 1270. The molecule has 2 aromatic carbocycles. The van der Waals surface area contributed by atoms with Crippen molar-refractivity contribution in [1.82, 2.24) is 9.78 Å². The van der Waals surface area contributed by atoms with Crippen molar-refractivity contribution in [2.45, 2.75) is 5.03 Å². The van der Waals surface area contributed by atoms with Gasteiger partial charge in [0.2, 0.25) is 0 Å².